The average Bonchev–Trinajstić information content (AvgIpc) is 2.96. The van der Waals surface area contributed by atoms with E-state index in [1.54, 1.807) is 6.92 Å². The van der Waals surface area contributed by atoms with Crippen molar-refractivity contribution < 1.29 is 18.8 Å². The molecule has 24 heavy (non-hydrogen) atoms. The van der Waals surface area contributed by atoms with Crippen LogP contribution in [0.5, 0.6) is 0 Å². The third kappa shape index (κ3) is 4.92. The van der Waals surface area contributed by atoms with Crippen LogP contribution in [-0.2, 0) is 4.79 Å². The van der Waals surface area contributed by atoms with E-state index in [4.69, 9.17) is 5.73 Å². The number of primary amides is 1. The molecule has 0 spiro atoms. The van der Waals surface area contributed by atoms with Crippen molar-refractivity contribution >= 4 is 23.7 Å². The molecule has 1 aliphatic rings. The first-order chi connectivity index (χ1) is 11.3. The molecular formula is C15H20FN5O3. The smallest absolute Gasteiger partial charge is 0.319 e. The minimum absolute atomic E-state index is 0.130. The number of urea groups is 2. The van der Waals surface area contributed by atoms with Crippen LogP contribution < -0.4 is 21.7 Å². The summed E-state index contributed by atoms with van der Waals surface area (Å²) in [5, 5.41) is 7.45. The minimum atomic E-state index is -0.889. The zero-order valence-corrected chi connectivity index (χ0v) is 13.2. The van der Waals surface area contributed by atoms with Gasteiger partial charge in [0.05, 0.1) is 6.04 Å². The molecule has 0 radical (unpaired) electrons. The summed E-state index contributed by atoms with van der Waals surface area (Å²) >= 11 is 0. The predicted molar refractivity (Wildman–Crippen MR) is 85.7 cm³/mol. The highest BCUT2D eigenvalue weighted by molar-refractivity contribution is 5.96. The number of carbonyl (C=O) groups is 3. The molecule has 1 heterocycles. The summed E-state index contributed by atoms with van der Waals surface area (Å²) in [6.45, 7) is 2.75. The molecule has 9 heteroatoms. The summed E-state index contributed by atoms with van der Waals surface area (Å²) in [4.78, 5) is 36.3. The van der Waals surface area contributed by atoms with Gasteiger partial charge in [-0.25, -0.2) is 14.0 Å². The van der Waals surface area contributed by atoms with Gasteiger partial charge in [-0.1, -0.05) is 0 Å². The fourth-order valence-corrected chi connectivity index (χ4v) is 2.53. The van der Waals surface area contributed by atoms with Crippen LogP contribution in [0.25, 0.3) is 0 Å². The molecule has 1 aliphatic heterocycles. The standard InChI is InChI=1S/C15H20FN5O3/c1-9(13(22)20-14(17)23)21-7-6-12(8-21)19-15(24)18-11-4-2-10(16)3-5-11/h2-5,9,12H,6-8H2,1H3,(H2,18,19,24)(H3,17,20,22,23)/t9-,12+/m1/s1. The Bertz CT molecular complexity index is 622. The normalized spacial score (nSPS) is 18.7. The Hall–Kier alpha value is -2.68. The summed E-state index contributed by atoms with van der Waals surface area (Å²) in [6, 6.07) is 3.50. The van der Waals surface area contributed by atoms with Crippen LogP contribution in [0.2, 0.25) is 0 Å². The highest BCUT2D eigenvalue weighted by atomic mass is 19.1. The van der Waals surface area contributed by atoms with Crippen molar-refractivity contribution in [1.82, 2.24) is 15.5 Å². The van der Waals surface area contributed by atoms with E-state index in [0.717, 1.165) is 0 Å². The molecule has 5 N–H and O–H groups in total. The van der Waals surface area contributed by atoms with Crippen LogP contribution in [0, 0.1) is 5.82 Å². The molecule has 2 rings (SSSR count). The number of hydrogen-bond acceptors (Lipinski definition) is 4. The van der Waals surface area contributed by atoms with Gasteiger partial charge in [0.2, 0.25) is 5.91 Å². The Morgan fingerprint density at radius 2 is 1.96 bits per heavy atom. The molecule has 0 bridgehead atoms. The van der Waals surface area contributed by atoms with Gasteiger partial charge in [-0.15, -0.1) is 0 Å². The summed E-state index contributed by atoms with van der Waals surface area (Å²) in [6.07, 6.45) is 0.672. The topological polar surface area (TPSA) is 117 Å². The summed E-state index contributed by atoms with van der Waals surface area (Å²) in [5.74, 6) is -0.852. The Labute approximate surface area is 138 Å². The molecule has 0 aromatic heterocycles. The van der Waals surface area contributed by atoms with Crippen molar-refractivity contribution in [2.24, 2.45) is 5.73 Å². The molecular weight excluding hydrogens is 317 g/mol. The number of nitrogens with zero attached hydrogens (tertiary/aromatic N) is 1. The zero-order valence-electron chi connectivity index (χ0n) is 13.2. The number of nitrogens with two attached hydrogens (primary N) is 1. The van der Waals surface area contributed by atoms with E-state index in [0.29, 0.717) is 25.2 Å². The number of benzene rings is 1. The van der Waals surface area contributed by atoms with Crippen molar-refractivity contribution in [3.8, 4) is 0 Å². The maximum Gasteiger partial charge on any atom is 0.319 e. The maximum absolute atomic E-state index is 12.8. The van der Waals surface area contributed by atoms with Gasteiger partial charge < -0.3 is 16.4 Å². The lowest BCUT2D eigenvalue weighted by Gasteiger charge is -2.22. The van der Waals surface area contributed by atoms with Gasteiger partial charge in [-0.05, 0) is 37.6 Å². The van der Waals surface area contributed by atoms with Crippen LogP contribution in [0.3, 0.4) is 0 Å². The zero-order chi connectivity index (χ0) is 17.7. The Kier molecular flexibility index (Phi) is 5.69. The van der Waals surface area contributed by atoms with Gasteiger partial charge in [0, 0.05) is 24.8 Å². The molecule has 1 fully saturated rings. The SMILES string of the molecule is C[C@H](C(=O)NC(N)=O)N1CC[C@H](NC(=O)Nc2ccc(F)cc2)C1. The quantitative estimate of drug-likeness (QED) is 0.644. The van der Waals surface area contributed by atoms with Crippen molar-refractivity contribution in [1.29, 1.82) is 0 Å². The fourth-order valence-electron chi connectivity index (χ4n) is 2.53. The van der Waals surface area contributed by atoms with E-state index in [2.05, 4.69) is 10.6 Å². The number of likely N-dealkylation sites (tertiary alicyclic amines) is 1. The van der Waals surface area contributed by atoms with E-state index in [-0.39, 0.29) is 11.9 Å². The van der Waals surface area contributed by atoms with Crippen molar-refractivity contribution in [3.63, 3.8) is 0 Å². The Balaban J connectivity index is 1.80. The fraction of sp³-hybridized carbons (Fsp3) is 0.400. The highest BCUT2D eigenvalue weighted by Crippen LogP contribution is 2.14. The molecule has 2 atom stereocenters. The number of carbonyl (C=O) groups excluding carboxylic acids is 3. The lowest BCUT2D eigenvalue weighted by molar-refractivity contribution is -0.124. The number of imide groups is 1. The van der Waals surface area contributed by atoms with Gasteiger partial charge >= 0.3 is 12.1 Å². The van der Waals surface area contributed by atoms with Gasteiger partial charge in [-0.2, -0.15) is 0 Å². The van der Waals surface area contributed by atoms with Gasteiger partial charge in [0.25, 0.3) is 0 Å². The summed E-state index contributed by atoms with van der Waals surface area (Å²) in [5.41, 5.74) is 5.41. The van der Waals surface area contributed by atoms with Crippen LogP contribution in [-0.4, -0.2) is 48.0 Å². The second kappa shape index (κ2) is 7.73. The number of rotatable bonds is 4. The largest absolute Gasteiger partial charge is 0.351 e. The van der Waals surface area contributed by atoms with Crippen LogP contribution in [0.15, 0.2) is 24.3 Å². The summed E-state index contributed by atoms with van der Waals surface area (Å²) < 4.78 is 12.8. The first-order valence-corrected chi connectivity index (χ1v) is 7.52. The number of hydrogen-bond donors (Lipinski definition) is 4. The average molecular weight is 337 g/mol. The van der Waals surface area contributed by atoms with Crippen LogP contribution in [0.1, 0.15) is 13.3 Å². The van der Waals surface area contributed by atoms with E-state index >= 15 is 0 Å². The maximum atomic E-state index is 12.8. The second-order valence-electron chi connectivity index (χ2n) is 5.62. The minimum Gasteiger partial charge on any atom is -0.351 e. The number of halogens is 1. The Morgan fingerprint density at radius 3 is 2.58 bits per heavy atom. The van der Waals surface area contributed by atoms with Crippen LogP contribution in [0.4, 0.5) is 19.7 Å². The molecule has 1 aromatic carbocycles. The van der Waals surface area contributed by atoms with E-state index in [1.165, 1.54) is 24.3 Å². The molecule has 0 aliphatic carbocycles. The lowest BCUT2D eigenvalue weighted by atomic mass is 10.2. The molecule has 5 amide bonds. The third-order valence-electron chi connectivity index (χ3n) is 3.83. The van der Waals surface area contributed by atoms with E-state index in [1.807, 2.05) is 10.2 Å². The second-order valence-corrected chi connectivity index (χ2v) is 5.62. The molecule has 0 saturated carbocycles. The van der Waals surface area contributed by atoms with Gasteiger partial charge in [-0.3, -0.25) is 15.0 Å². The highest BCUT2D eigenvalue weighted by Gasteiger charge is 2.30. The van der Waals surface area contributed by atoms with Crippen molar-refractivity contribution in [2.75, 3.05) is 18.4 Å². The Morgan fingerprint density at radius 1 is 1.29 bits per heavy atom. The molecule has 130 valence electrons. The number of anilines is 1. The first kappa shape index (κ1) is 17.7. The monoisotopic (exact) mass is 337 g/mol. The van der Waals surface area contributed by atoms with Gasteiger partial charge in [0.1, 0.15) is 5.82 Å². The van der Waals surface area contributed by atoms with Gasteiger partial charge in [0.15, 0.2) is 0 Å². The van der Waals surface area contributed by atoms with Crippen LogP contribution >= 0.6 is 0 Å². The number of amides is 5. The predicted octanol–water partition coefficient (Wildman–Crippen LogP) is 0.605. The van der Waals surface area contributed by atoms with Crippen molar-refractivity contribution in [3.05, 3.63) is 30.1 Å². The van der Waals surface area contributed by atoms with E-state index in [9.17, 15) is 18.8 Å². The lowest BCUT2D eigenvalue weighted by Crippen LogP contribution is -2.48. The molecule has 1 saturated heterocycles. The van der Waals surface area contributed by atoms with Crippen molar-refractivity contribution in [2.45, 2.75) is 25.4 Å². The molecule has 8 nitrogen and oxygen atoms in total. The molecule has 0 unspecified atom stereocenters. The molecule has 1 aromatic rings. The van der Waals surface area contributed by atoms with E-state index < -0.39 is 24.0 Å². The first-order valence-electron chi connectivity index (χ1n) is 7.52. The third-order valence-corrected chi connectivity index (χ3v) is 3.83. The summed E-state index contributed by atoms with van der Waals surface area (Å²) in [7, 11) is 0. The number of nitrogens with one attached hydrogen (secondary N) is 3.